The van der Waals surface area contributed by atoms with Gasteiger partial charge in [-0.3, -0.25) is 4.79 Å². The molecule has 0 saturated heterocycles. The van der Waals surface area contributed by atoms with E-state index in [1.54, 1.807) is 36.3 Å². The number of nitrogens with zero attached hydrogens (tertiary/aromatic N) is 1. The van der Waals surface area contributed by atoms with Gasteiger partial charge in [0.1, 0.15) is 15.8 Å². The molecule has 0 unspecified atom stereocenters. The molecule has 5 heteroatoms. The van der Waals surface area contributed by atoms with Crippen LogP contribution in [0.1, 0.15) is 11.3 Å². The summed E-state index contributed by atoms with van der Waals surface area (Å²) in [6.07, 6.45) is 6.91. The van der Waals surface area contributed by atoms with E-state index in [0.717, 1.165) is 15.9 Å². The second kappa shape index (κ2) is 7.33. The maximum absolute atomic E-state index is 11.9. The standard InChI is InChI=1S/C17H13NO2S2/c19-16-15(10-4-8-14-9-5-11-20-14)18-17(22-16)21-12-13-6-2-1-3-7-13/h1-11H,12H2/b8-4+,15-10-. The Kier molecular flexibility index (Phi) is 4.98. The fourth-order valence-electron chi connectivity index (χ4n) is 1.80. The van der Waals surface area contributed by atoms with Gasteiger partial charge in [0.25, 0.3) is 0 Å². The van der Waals surface area contributed by atoms with Crippen LogP contribution >= 0.6 is 23.5 Å². The van der Waals surface area contributed by atoms with Gasteiger partial charge in [-0.1, -0.05) is 48.2 Å². The Morgan fingerprint density at radius 1 is 1.18 bits per heavy atom. The largest absolute Gasteiger partial charge is 0.465 e. The molecule has 1 aliphatic heterocycles. The van der Waals surface area contributed by atoms with Gasteiger partial charge in [-0.15, -0.1) is 0 Å². The molecule has 0 atom stereocenters. The van der Waals surface area contributed by atoms with Gasteiger partial charge in [-0.05, 0) is 41.6 Å². The average molecular weight is 327 g/mol. The highest BCUT2D eigenvalue weighted by atomic mass is 32.2. The monoisotopic (exact) mass is 327 g/mol. The molecule has 2 heterocycles. The molecule has 2 aromatic rings. The Bertz CT molecular complexity index is 731. The van der Waals surface area contributed by atoms with Gasteiger partial charge in [-0.2, -0.15) is 0 Å². The fourth-order valence-corrected chi connectivity index (χ4v) is 3.61. The van der Waals surface area contributed by atoms with Gasteiger partial charge in [0.2, 0.25) is 5.12 Å². The maximum atomic E-state index is 11.9. The van der Waals surface area contributed by atoms with Gasteiger partial charge in [0, 0.05) is 5.75 Å². The van der Waals surface area contributed by atoms with Crippen molar-refractivity contribution in [3.63, 3.8) is 0 Å². The Hall–Kier alpha value is -1.98. The summed E-state index contributed by atoms with van der Waals surface area (Å²) in [5.74, 6) is 1.56. The van der Waals surface area contributed by atoms with E-state index in [2.05, 4.69) is 17.1 Å². The van der Waals surface area contributed by atoms with Crippen molar-refractivity contribution in [2.75, 3.05) is 0 Å². The summed E-state index contributed by atoms with van der Waals surface area (Å²) < 4.78 is 5.99. The topological polar surface area (TPSA) is 42.6 Å². The average Bonchev–Trinajstić information content (AvgIpc) is 3.17. The molecule has 1 aromatic heterocycles. The van der Waals surface area contributed by atoms with Crippen molar-refractivity contribution in [2.24, 2.45) is 4.99 Å². The highest BCUT2D eigenvalue weighted by Crippen LogP contribution is 2.31. The van der Waals surface area contributed by atoms with Crippen molar-refractivity contribution >= 4 is 39.1 Å². The highest BCUT2D eigenvalue weighted by molar-refractivity contribution is 8.45. The van der Waals surface area contributed by atoms with Crippen molar-refractivity contribution < 1.29 is 9.21 Å². The number of aliphatic imine (C=N–C) groups is 1. The van der Waals surface area contributed by atoms with Crippen molar-refractivity contribution in [1.82, 2.24) is 0 Å². The number of rotatable bonds is 4. The third-order valence-corrected chi connectivity index (χ3v) is 4.94. The third-order valence-electron chi connectivity index (χ3n) is 2.86. The first-order valence-corrected chi connectivity index (χ1v) is 8.51. The van der Waals surface area contributed by atoms with Crippen LogP contribution in [0.2, 0.25) is 0 Å². The number of hydrogen-bond acceptors (Lipinski definition) is 5. The summed E-state index contributed by atoms with van der Waals surface area (Å²) in [6.45, 7) is 0. The lowest BCUT2D eigenvalue weighted by atomic mass is 10.2. The number of furan rings is 1. The molecule has 0 spiro atoms. The van der Waals surface area contributed by atoms with Gasteiger partial charge < -0.3 is 4.42 Å². The van der Waals surface area contributed by atoms with E-state index in [9.17, 15) is 4.79 Å². The molecule has 3 rings (SSSR count). The second-order valence-corrected chi connectivity index (χ2v) is 6.65. The quantitative estimate of drug-likeness (QED) is 0.761. The van der Waals surface area contributed by atoms with Gasteiger partial charge >= 0.3 is 0 Å². The van der Waals surface area contributed by atoms with Crippen LogP contribution < -0.4 is 0 Å². The van der Waals surface area contributed by atoms with Crippen LogP contribution in [0.4, 0.5) is 0 Å². The van der Waals surface area contributed by atoms with E-state index in [1.807, 2.05) is 30.3 Å². The van der Waals surface area contributed by atoms with E-state index in [1.165, 1.54) is 17.3 Å². The molecule has 0 radical (unpaired) electrons. The molecule has 0 amide bonds. The summed E-state index contributed by atoms with van der Waals surface area (Å²) in [5, 5.41) is -0.0142. The summed E-state index contributed by atoms with van der Waals surface area (Å²) in [4.78, 5) is 16.3. The lowest BCUT2D eigenvalue weighted by Crippen LogP contribution is -1.87. The van der Waals surface area contributed by atoms with Crippen LogP contribution in [0.5, 0.6) is 0 Å². The van der Waals surface area contributed by atoms with Crippen LogP contribution in [0.3, 0.4) is 0 Å². The molecule has 110 valence electrons. The van der Waals surface area contributed by atoms with Crippen molar-refractivity contribution in [2.45, 2.75) is 5.75 Å². The third kappa shape index (κ3) is 4.02. The summed E-state index contributed by atoms with van der Waals surface area (Å²) in [6, 6.07) is 13.8. The molecule has 0 fully saturated rings. The lowest BCUT2D eigenvalue weighted by molar-refractivity contribution is -0.107. The fraction of sp³-hybridized carbons (Fsp3) is 0.0588. The molecule has 22 heavy (non-hydrogen) atoms. The molecule has 1 aromatic carbocycles. The minimum atomic E-state index is -0.0142. The van der Waals surface area contributed by atoms with Crippen molar-refractivity contribution in [3.05, 3.63) is 77.9 Å². The lowest BCUT2D eigenvalue weighted by Gasteiger charge is -1.98. The molecular formula is C17H13NO2S2. The summed E-state index contributed by atoms with van der Waals surface area (Å²) in [5.41, 5.74) is 1.70. The SMILES string of the molecule is O=C1SC(SCc2ccccc2)=N/C1=C\C=C\c1ccco1. The van der Waals surface area contributed by atoms with Crippen molar-refractivity contribution in [3.8, 4) is 0 Å². The van der Waals surface area contributed by atoms with Gasteiger partial charge in [0.05, 0.1) is 6.26 Å². The first-order valence-electron chi connectivity index (χ1n) is 6.71. The Morgan fingerprint density at radius 2 is 2.05 bits per heavy atom. The first kappa shape index (κ1) is 14.9. The van der Waals surface area contributed by atoms with E-state index < -0.39 is 0 Å². The predicted octanol–water partition coefficient (Wildman–Crippen LogP) is 4.74. The Morgan fingerprint density at radius 3 is 2.82 bits per heavy atom. The molecule has 0 N–H and O–H groups in total. The molecular weight excluding hydrogens is 314 g/mol. The van der Waals surface area contributed by atoms with E-state index in [0.29, 0.717) is 5.70 Å². The second-order valence-electron chi connectivity index (χ2n) is 4.47. The molecule has 3 nitrogen and oxygen atoms in total. The maximum Gasteiger partial charge on any atom is 0.244 e. The molecule has 0 bridgehead atoms. The Balaban J connectivity index is 1.61. The first-order chi connectivity index (χ1) is 10.8. The van der Waals surface area contributed by atoms with Crippen LogP contribution in [-0.2, 0) is 10.5 Å². The predicted molar refractivity (Wildman–Crippen MR) is 93.6 cm³/mol. The summed E-state index contributed by atoms with van der Waals surface area (Å²) >= 11 is 2.77. The van der Waals surface area contributed by atoms with Crippen LogP contribution in [0.15, 0.2) is 76.0 Å². The minimum absolute atomic E-state index is 0.0142. The number of hydrogen-bond donors (Lipinski definition) is 0. The van der Waals surface area contributed by atoms with Crippen LogP contribution in [0, 0.1) is 0 Å². The molecule has 0 aliphatic carbocycles. The van der Waals surface area contributed by atoms with E-state index in [4.69, 9.17) is 4.42 Å². The smallest absolute Gasteiger partial charge is 0.244 e. The van der Waals surface area contributed by atoms with E-state index in [-0.39, 0.29) is 5.12 Å². The van der Waals surface area contributed by atoms with Crippen molar-refractivity contribution in [1.29, 1.82) is 0 Å². The highest BCUT2D eigenvalue weighted by Gasteiger charge is 2.21. The van der Waals surface area contributed by atoms with E-state index >= 15 is 0 Å². The number of benzene rings is 1. The van der Waals surface area contributed by atoms with Crippen LogP contribution in [-0.4, -0.2) is 9.49 Å². The number of carbonyl (C=O) groups is 1. The minimum Gasteiger partial charge on any atom is -0.465 e. The molecule has 0 saturated carbocycles. The zero-order chi connectivity index (χ0) is 15.2. The number of allylic oxidation sites excluding steroid dienone is 2. The van der Waals surface area contributed by atoms with Crippen LogP contribution in [0.25, 0.3) is 6.08 Å². The Labute approximate surface area is 137 Å². The zero-order valence-electron chi connectivity index (χ0n) is 11.6. The number of thioether (sulfide) groups is 2. The zero-order valence-corrected chi connectivity index (χ0v) is 13.3. The number of carbonyl (C=O) groups excluding carboxylic acids is 1. The van der Waals surface area contributed by atoms with Gasteiger partial charge in [0.15, 0.2) is 0 Å². The normalized spacial score (nSPS) is 16.6. The van der Waals surface area contributed by atoms with Gasteiger partial charge in [-0.25, -0.2) is 4.99 Å². The summed E-state index contributed by atoms with van der Waals surface area (Å²) in [7, 11) is 0. The molecule has 1 aliphatic rings.